The second-order valence-electron chi connectivity index (χ2n) is 8.12. The molecule has 2 aromatic carbocycles. The van der Waals surface area contributed by atoms with Crippen LogP contribution in [-0.4, -0.2) is 39.9 Å². The summed E-state index contributed by atoms with van der Waals surface area (Å²) in [4.78, 5) is 15.5. The van der Waals surface area contributed by atoms with Crippen molar-refractivity contribution in [2.75, 3.05) is 18.0 Å². The fourth-order valence-electron chi connectivity index (χ4n) is 4.62. The molecule has 1 fully saturated rings. The molecule has 0 amide bonds. The molecule has 1 aromatic heterocycles. The number of alkyl halides is 3. The van der Waals surface area contributed by atoms with Crippen LogP contribution in [-0.2, 0) is 4.79 Å². The van der Waals surface area contributed by atoms with Gasteiger partial charge in [0.25, 0.3) is 0 Å². The van der Waals surface area contributed by atoms with E-state index in [0.717, 1.165) is 48.4 Å². The molecule has 0 saturated carbocycles. The van der Waals surface area contributed by atoms with Crippen LogP contribution in [0, 0.1) is 23.1 Å². The number of fused-ring (bicyclic) bond motifs is 3. The van der Waals surface area contributed by atoms with Crippen LogP contribution >= 0.6 is 0 Å². The van der Waals surface area contributed by atoms with Gasteiger partial charge < -0.3 is 14.6 Å². The quantitative estimate of drug-likeness (QED) is 0.530. The van der Waals surface area contributed by atoms with E-state index in [1.54, 1.807) is 12.1 Å². The maximum atomic E-state index is 14.7. The van der Waals surface area contributed by atoms with Gasteiger partial charge in [0, 0.05) is 29.9 Å². The van der Waals surface area contributed by atoms with Crippen LogP contribution in [0.3, 0.4) is 0 Å². The van der Waals surface area contributed by atoms with Gasteiger partial charge in [0.05, 0.1) is 35.9 Å². The zero-order valence-electron chi connectivity index (χ0n) is 17.8. The van der Waals surface area contributed by atoms with Crippen molar-refractivity contribution in [1.29, 1.82) is 5.26 Å². The molecule has 3 aromatic rings. The average molecular weight is 472 g/mol. The van der Waals surface area contributed by atoms with Gasteiger partial charge in [0.2, 0.25) is 0 Å². The summed E-state index contributed by atoms with van der Waals surface area (Å²) in [5.74, 6) is -2.49. The number of benzene rings is 2. The maximum absolute atomic E-state index is 14.7. The van der Waals surface area contributed by atoms with Gasteiger partial charge in [-0.3, -0.25) is 0 Å². The Morgan fingerprint density at radius 3 is 2.35 bits per heavy atom. The standard InChI is InChI=1S/C22H19FN4.C2HF3O2/c23-19-3-1-2-18-20-13-25-14-27(20)22(21(18)19)16-8-10-26(11-9-16)17-6-4-15(12-24)5-7-17;3-2(4,5)1(6)7/h1-7,13-14,16,22H,8-11H2;(H,6,7). The second-order valence-corrected chi connectivity index (χ2v) is 8.12. The number of carbonyl (C=O) groups is 1. The van der Waals surface area contributed by atoms with Crippen molar-refractivity contribution in [2.24, 2.45) is 5.92 Å². The van der Waals surface area contributed by atoms with Crippen molar-refractivity contribution < 1.29 is 27.5 Å². The molecule has 2 aliphatic heterocycles. The molecule has 1 saturated heterocycles. The molecule has 34 heavy (non-hydrogen) atoms. The Kier molecular flexibility index (Phi) is 6.28. The molecule has 1 atom stereocenters. The van der Waals surface area contributed by atoms with E-state index in [-0.39, 0.29) is 11.9 Å². The Labute approximate surface area is 192 Å². The number of piperidine rings is 1. The summed E-state index contributed by atoms with van der Waals surface area (Å²) in [6.45, 7) is 1.86. The summed E-state index contributed by atoms with van der Waals surface area (Å²) in [5, 5.41) is 16.1. The second kappa shape index (κ2) is 9.17. The molecular formula is C24H20F4N4O2. The minimum Gasteiger partial charge on any atom is -0.475 e. The molecule has 6 nitrogen and oxygen atoms in total. The van der Waals surface area contributed by atoms with Gasteiger partial charge in [0.15, 0.2) is 0 Å². The van der Waals surface area contributed by atoms with Crippen LogP contribution in [0.15, 0.2) is 55.0 Å². The van der Waals surface area contributed by atoms with Crippen LogP contribution in [0.25, 0.3) is 11.3 Å². The summed E-state index contributed by atoms with van der Waals surface area (Å²) in [6.07, 6.45) is 0.586. The molecule has 0 bridgehead atoms. The summed E-state index contributed by atoms with van der Waals surface area (Å²) in [5.41, 5.74) is 4.65. The van der Waals surface area contributed by atoms with E-state index in [0.29, 0.717) is 11.5 Å². The third-order valence-electron chi connectivity index (χ3n) is 6.18. The van der Waals surface area contributed by atoms with Crippen LogP contribution in [0.2, 0.25) is 0 Å². The molecule has 1 unspecified atom stereocenters. The highest BCUT2D eigenvalue weighted by atomic mass is 19.4. The molecule has 0 aliphatic carbocycles. The SMILES string of the molecule is N#Cc1ccc(N2CCC(C3c4c(F)cccc4-c4cncn43)CC2)cc1.O=C(O)C(F)(F)F. The van der Waals surface area contributed by atoms with Gasteiger partial charge in [-0.2, -0.15) is 18.4 Å². The van der Waals surface area contributed by atoms with Crippen molar-refractivity contribution >= 4 is 11.7 Å². The predicted molar refractivity (Wildman–Crippen MR) is 116 cm³/mol. The van der Waals surface area contributed by atoms with Crippen molar-refractivity contribution in [2.45, 2.75) is 25.1 Å². The first-order chi connectivity index (χ1) is 16.2. The minimum absolute atomic E-state index is 0.0295. The third kappa shape index (κ3) is 4.46. The summed E-state index contributed by atoms with van der Waals surface area (Å²) in [7, 11) is 0. The number of rotatable bonds is 2. The summed E-state index contributed by atoms with van der Waals surface area (Å²) >= 11 is 0. The lowest BCUT2D eigenvalue weighted by Crippen LogP contribution is -2.36. The van der Waals surface area contributed by atoms with E-state index >= 15 is 0 Å². The van der Waals surface area contributed by atoms with E-state index in [1.165, 1.54) is 0 Å². The van der Waals surface area contributed by atoms with Crippen molar-refractivity contribution in [1.82, 2.24) is 9.55 Å². The highest BCUT2D eigenvalue weighted by molar-refractivity contribution is 5.73. The minimum atomic E-state index is -5.08. The first kappa shape index (κ1) is 23.3. The van der Waals surface area contributed by atoms with Gasteiger partial charge in [-0.25, -0.2) is 14.2 Å². The molecule has 3 heterocycles. The number of halogens is 4. The first-order valence-corrected chi connectivity index (χ1v) is 10.6. The molecule has 5 rings (SSSR count). The van der Waals surface area contributed by atoms with Crippen LogP contribution in [0.4, 0.5) is 23.2 Å². The Balaban J connectivity index is 0.000000344. The summed E-state index contributed by atoms with van der Waals surface area (Å²) < 4.78 is 48.6. The van der Waals surface area contributed by atoms with E-state index < -0.39 is 12.1 Å². The number of nitrogens with zero attached hydrogens (tertiary/aromatic N) is 4. The predicted octanol–water partition coefficient (Wildman–Crippen LogP) is 5.01. The highest BCUT2D eigenvalue weighted by Crippen LogP contribution is 2.46. The number of imidazole rings is 1. The Hall–Kier alpha value is -3.87. The van der Waals surface area contributed by atoms with Gasteiger partial charge >= 0.3 is 12.1 Å². The lowest BCUT2D eigenvalue weighted by molar-refractivity contribution is -0.192. The van der Waals surface area contributed by atoms with Crippen LogP contribution < -0.4 is 4.90 Å². The Morgan fingerprint density at radius 2 is 1.76 bits per heavy atom. The monoisotopic (exact) mass is 472 g/mol. The lowest BCUT2D eigenvalue weighted by atomic mass is 9.85. The number of carboxylic acid groups (broad SMARTS) is 1. The molecule has 10 heteroatoms. The average Bonchev–Trinajstić information content (AvgIpc) is 3.41. The zero-order valence-corrected chi connectivity index (χ0v) is 17.8. The molecule has 0 radical (unpaired) electrons. The molecule has 1 N–H and O–H groups in total. The number of nitriles is 1. The van der Waals surface area contributed by atoms with Crippen molar-refractivity contribution in [3.8, 4) is 17.3 Å². The van der Waals surface area contributed by atoms with Gasteiger partial charge in [-0.15, -0.1) is 0 Å². The van der Waals surface area contributed by atoms with Gasteiger partial charge in [-0.05, 0) is 49.1 Å². The van der Waals surface area contributed by atoms with E-state index in [1.807, 2.05) is 42.9 Å². The molecule has 176 valence electrons. The molecule has 0 spiro atoms. The maximum Gasteiger partial charge on any atom is 0.490 e. The summed E-state index contributed by atoms with van der Waals surface area (Å²) in [6, 6.07) is 15.3. The lowest BCUT2D eigenvalue weighted by Gasteiger charge is -2.37. The first-order valence-electron chi connectivity index (χ1n) is 10.6. The smallest absolute Gasteiger partial charge is 0.475 e. The number of aliphatic carboxylic acids is 1. The van der Waals surface area contributed by atoms with Crippen molar-refractivity contribution in [3.63, 3.8) is 0 Å². The van der Waals surface area contributed by atoms with Crippen LogP contribution in [0.5, 0.6) is 0 Å². The molecule has 2 aliphatic rings. The van der Waals surface area contributed by atoms with E-state index in [4.69, 9.17) is 15.2 Å². The van der Waals surface area contributed by atoms with E-state index in [9.17, 15) is 17.6 Å². The van der Waals surface area contributed by atoms with Crippen LogP contribution in [0.1, 0.15) is 30.0 Å². The zero-order chi connectivity index (χ0) is 24.5. The number of carboxylic acids is 1. The fourth-order valence-corrected chi connectivity index (χ4v) is 4.62. The Morgan fingerprint density at radius 1 is 1.12 bits per heavy atom. The number of aromatic nitrogens is 2. The topological polar surface area (TPSA) is 82.2 Å². The van der Waals surface area contributed by atoms with Gasteiger partial charge in [0.1, 0.15) is 5.82 Å². The number of hydrogen-bond donors (Lipinski definition) is 1. The van der Waals surface area contributed by atoms with E-state index in [2.05, 4.69) is 20.5 Å². The number of anilines is 1. The largest absolute Gasteiger partial charge is 0.490 e. The van der Waals surface area contributed by atoms with Gasteiger partial charge in [-0.1, -0.05) is 12.1 Å². The fraction of sp³-hybridized carbons (Fsp3) is 0.292. The third-order valence-corrected chi connectivity index (χ3v) is 6.18. The highest BCUT2D eigenvalue weighted by Gasteiger charge is 2.39. The Bertz CT molecular complexity index is 1220. The van der Waals surface area contributed by atoms with Crippen molar-refractivity contribution in [3.05, 3.63) is 71.9 Å². The normalized spacial score (nSPS) is 17.3. The molecular weight excluding hydrogens is 452 g/mol. The number of hydrogen-bond acceptors (Lipinski definition) is 4.